The second-order valence-corrected chi connectivity index (χ2v) is 8.67. The van der Waals surface area contributed by atoms with Crippen molar-refractivity contribution in [3.63, 3.8) is 0 Å². The van der Waals surface area contributed by atoms with Crippen LogP contribution in [0.15, 0.2) is 16.4 Å². The second-order valence-electron chi connectivity index (χ2n) is 7.66. The zero-order valence-corrected chi connectivity index (χ0v) is 17.5. The molecular weight excluding hydrogens is 358 g/mol. The fraction of sp³-hybridized carbons (Fsp3) is 0.700. The average molecular weight is 392 g/mol. The van der Waals surface area contributed by atoms with E-state index in [1.54, 1.807) is 18.4 Å². The summed E-state index contributed by atoms with van der Waals surface area (Å²) < 4.78 is 0. The van der Waals surface area contributed by atoms with Crippen molar-refractivity contribution in [2.24, 2.45) is 10.9 Å². The van der Waals surface area contributed by atoms with Crippen molar-refractivity contribution in [1.82, 2.24) is 20.4 Å². The summed E-state index contributed by atoms with van der Waals surface area (Å²) in [5, 5.41) is 8.61. The first-order chi connectivity index (χ1) is 13.2. The largest absolute Gasteiger partial charge is 0.356 e. The van der Waals surface area contributed by atoms with Gasteiger partial charge < -0.3 is 20.4 Å². The number of hydrogen-bond acceptors (Lipinski definition) is 4. The van der Waals surface area contributed by atoms with E-state index in [1.165, 1.54) is 36.4 Å². The molecule has 0 bridgehead atoms. The van der Waals surface area contributed by atoms with Crippen LogP contribution in [0.2, 0.25) is 0 Å². The van der Waals surface area contributed by atoms with Crippen LogP contribution in [0.4, 0.5) is 0 Å². The van der Waals surface area contributed by atoms with Crippen LogP contribution >= 0.6 is 11.3 Å². The summed E-state index contributed by atoms with van der Waals surface area (Å²) in [5.41, 5.74) is 1.30. The van der Waals surface area contributed by atoms with Crippen molar-refractivity contribution in [1.29, 1.82) is 0 Å². The van der Waals surface area contributed by atoms with Gasteiger partial charge in [-0.2, -0.15) is 0 Å². The number of aliphatic imine (C=N–C) groups is 1. The Morgan fingerprint density at radius 1 is 1.30 bits per heavy atom. The van der Waals surface area contributed by atoms with Crippen LogP contribution in [0.1, 0.15) is 36.6 Å². The lowest BCUT2D eigenvalue weighted by molar-refractivity contribution is -0.130. The SMILES string of the molecule is CN=C(NCCCN1CCC(C)CC1)NCC(=O)N1CCc2sccc2C1. The van der Waals surface area contributed by atoms with Crippen LogP contribution in [0.3, 0.4) is 0 Å². The molecule has 150 valence electrons. The van der Waals surface area contributed by atoms with E-state index in [1.807, 2.05) is 4.90 Å². The van der Waals surface area contributed by atoms with Gasteiger partial charge in [-0.3, -0.25) is 9.79 Å². The standard InChI is InChI=1S/C20H33N5OS/c1-16-4-10-24(11-5-16)9-3-8-22-20(21-2)23-14-19(26)25-12-6-18-17(15-25)7-13-27-18/h7,13,16H,3-6,8-12,14-15H2,1-2H3,(H2,21,22,23). The van der Waals surface area contributed by atoms with Gasteiger partial charge in [0, 0.05) is 31.6 Å². The molecule has 1 aromatic rings. The predicted molar refractivity (Wildman–Crippen MR) is 112 cm³/mol. The molecule has 27 heavy (non-hydrogen) atoms. The quantitative estimate of drug-likeness (QED) is 0.442. The summed E-state index contributed by atoms with van der Waals surface area (Å²) in [4.78, 5) is 22.6. The highest BCUT2D eigenvalue weighted by Crippen LogP contribution is 2.23. The number of fused-ring (bicyclic) bond motifs is 1. The van der Waals surface area contributed by atoms with Crippen molar-refractivity contribution in [2.75, 3.05) is 46.3 Å². The van der Waals surface area contributed by atoms with Gasteiger partial charge in [0.25, 0.3) is 0 Å². The minimum Gasteiger partial charge on any atom is -0.356 e. The molecule has 3 rings (SSSR count). The molecular formula is C20H33N5OS. The number of rotatable bonds is 6. The normalized spacial score (nSPS) is 19.0. The lowest BCUT2D eigenvalue weighted by Crippen LogP contribution is -2.46. The molecule has 0 saturated carbocycles. The molecule has 0 radical (unpaired) electrons. The molecule has 3 heterocycles. The number of guanidine groups is 1. The summed E-state index contributed by atoms with van der Waals surface area (Å²) in [6, 6.07) is 2.14. The van der Waals surface area contributed by atoms with Crippen LogP contribution < -0.4 is 10.6 Å². The first-order valence-corrected chi connectivity index (χ1v) is 11.0. The Hall–Kier alpha value is -1.60. The maximum absolute atomic E-state index is 12.5. The molecule has 2 aliphatic heterocycles. The Kier molecular flexibility index (Phi) is 7.52. The Morgan fingerprint density at radius 3 is 2.89 bits per heavy atom. The third kappa shape index (κ3) is 5.94. The molecule has 1 amide bonds. The van der Waals surface area contributed by atoms with Gasteiger partial charge in [0.1, 0.15) is 0 Å². The van der Waals surface area contributed by atoms with E-state index < -0.39 is 0 Å². The van der Waals surface area contributed by atoms with Crippen LogP contribution in [-0.4, -0.2) is 68.0 Å². The zero-order chi connectivity index (χ0) is 19.1. The Balaban J connectivity index is 1.31. The van der Waals surface area contributed by atoms with E-state index in [0.29, 0.717) is 12.5 Å². The van der Waals surface area contributed by atoms with Gasteiger partial charge in [0.15, 0.2) is 5.96 Å². The van der Waals surface area contributed by atoms with Gasteiger partial charge in [0.05, 0.1) is 6.54 Å². The zero-order valence-electron chi connectivity index (χ0n) is 16.7. The highest BCUT2D eigenvalue weighted by atomic mass is 32.1. The number of carbonyl (C=O) groups excluding carboxylic acids is 1. The highest BCUT2D eigenvalue weighted by molar-refractivity contribution is 7.10. The number of likely N-dealkylation sites (tertiary alicyclic amines) is 1. The van der Waals surface area contributed by atoms with Crippen LogP contribution in [0.25, 0.3) is 0 Å². The molecule has 1 aromatic heterocycles. The van der Waals surface area contributed by atoms with Gasteiger partial charge in [-0.25, -0.2) is 0 Å². The molecule has 0 aromatic carbocycles. The van der Waals surface area contributed by atoms with E-state index in [2.05, 4.69) is 38.9 Å². The average Bonchev–Trinajstić information content (AvgIpc) is 3.16. The highest BCUT2D eigenvalue weighted by Gasteiger charge is 2.21. The smallest absolute Gasteiger partial charge is 0.242 e. The van der Waals surface area contributed by atoms with Gasteiger partial charge in [-0.05, 0) is 68.2 Å². The number of nitrogens with zero attached hydrogens (tertiary/aromatic N) is 3. The van der Waals surface area contributed by atoms with Crippen LogP contribution in [0, 0.1) is 5.92 Å². The van der Waals surface area contributed by atoms with E-state index in [9.17, 15) is 4.79 Å². The number of nitrogens with one attached hydrogen (secondary N) is 2. The third-order valence-corrected chi connectivity index (χ3v) is 6.63. The van der Waals surface area contributed by atoms with Crippen molar-refractivity contribution in [3.8, 4) is 0 Å². The topological polar surface area (TPSA) is 60.0 Å². The lowest BCUT2D eigenvalue weighted by atomic mass is 9.99. The van der Waals surface area contributed by atoms with E-state index in [-0.39, 0.29) is 5.91 Å². The van der Waals surface area contributed by atoms with E-state index >= 15 is 0 Å². The minimum atomic E-state index is 0.136. The molecule has 0 unspecified atom stereocenters. The van der Waals surface area contributed by atoms with Crippen molar-refractivity contribution >= 4 is 23.2 Å². The van der Waals surface area contributed by atoms with Gasteiger partial charge in [-0.15, -0.1) is 11.3 Å². The third-order valence-electron chi connectivity index (χ3n) is 5.61. The number of amides is 1. The molecule has 2 aliphatic rings. The fourth-order valence-electron chi connectivity index (χ4n) is 3.75. The van der Waals surface area contributed by atoms with E-state index in [4.69, 9.17) is 0 Å². The van der Waals surface area contributed by atoms with Gasteiger partial charge in [0.2, 0.25) is 5.91 Å². The first-order valence-electron chi connectivity index (χ1n) is 10.2. The van der Waals surface area contributed by atoms with Crippen molar-refractivity contribution in [2.45, 2.75) is 39.2 Å². The molecule has 6 nitrogen and oxygen atoms in total. The van der Waals surface area contributed by atoms with Gasteiger partial charge in [-0.1, -0.05) is 6.92 Å². The van der Waals surface area contributed by atoms with Crippen molar-refractivity contribution in [3.05, 3.63) is 21.9 Å². The fourth-order valence-corrected chi connectivity index (χ4v) is 4.64. The summed E-state index contributed by atoms with van der Waals surface area (Å²) in [5.74, 6) is 1.73. The number of hydrogen-bond donors (Lipinski definition) is 2. The summed E-state index contributed by atoms with van der Waals surface area (Å²) in [7, 11) is 1.75. The molecule has 1 saturated heterocycles. The lowest BCUT2D eigenvalue weighted by Gasteiger charge is -2.30. The molecule has 1 fully saturated rings. The number of thiophene rings is 1. The maximum Gasteiger partial charge on any atom is 0.242 e. The summed E-state index contributed by atoms with van der Waals surface area (Å²) >= 11 is 1.80. The summed E-state index contributed by atoms with van der Waals surface area (Å²) in [6.45, 7) is 8.65. The minimum absolute atomic E-state index is 0.136. The molecule has 0 spiro atoms. The molecule has 0 atom stereocenters. The molecule has 2 N–H and O–H groups in total. The maximum atomic E-state index is 12.5. The first kappa shape index (κ1) is 20.1. The molecule has 7 heteroatoms. The van der Waals surface area contributed by atoms with Crippen molar-refractivity contribution < 1.29 is 4.79 Å². The van der Waals surface area contributed by atoms with Crippen LogP contribution in [0.5, 0.6) is 0 Å². The Bertz CT molecular complexity index is 636. The van der Waals surface area contributed by atoms with E-state index in [0.717, 1.165) is 44.9 Å². The monoisotopic (exact) mass is 391 g/mol. The van der Waals surface area contributed by atoms with Crippen LogP contribution in [-0.2, 0) is 17.8 Å². The molecule has 0 aliphatic carbocycles. The second kappa shape index (κ2) is 10.1. The van der Waals surface area contributed by atoms with Gasteiger partial charge >= 0.3 is 0 Å². The predicted octanol–water partition coefficient (Wildman–Crippen LogP) is 1.92. The number of piperidine rings is 1. The Morgan fingerprint density at radius 2 is 2.11 bits per heavy atom. The summed E-state index contributed by atoms with van der Waals surface area (Å²) in [6.07, 6.45) is 4.71. The number of carbonyl (C=O) groups is 1. The Labute approximate surface area is 167 Å².